The van der Waals surface area contributed by atoms with Crippen molar-refractivity contribution in [2.45, 2.75) is 32.6 Å². The number of benzene rings is 3. The fourth-order valence-corrected chi connectivity index (χ4v) is 3.30. The molecule has 0 saturated carbocycles. The smallest absolute Gasteiger partial charge is 0.131 e. The lowest BCUT2D eigenvalue weighted by Gasteiger charge is -2.09. The van der Waals surface area contributed by atoms with Crippen molar-refractivity contribution in [3.63, 3.8) is 0 Å². The summed E-state index contributed by atoms with van der Waals surface area (Å²) in [5, 5.41) is 0. The fourth-order valence-electron chi connectivity index (χ4n) is 3.30. The Bertz CT molecular complexity index is 886. The van der Waals surface area contributed by atoms with Gasteiger partial charge in [-0.25, -0.2) is 4.39 Å². The molecule has 3 aromatic rings. The number of halogens is 1. The van der Waals surface area contributed by atoms with Gasteiger partial charge in [0.05, 0.1) is 6.61 Å². The molecule has 0 fully saturated rings. The lowest BCUT2D eigenvalue weighted by molar-refractivity contribution is 0.191. The normalized spacial score (nSPS) is 10.9. The van der Waals surface area contributed by atoms with Gasteiger partial charge in [0.2, 0.25) is 0 Å². The van der Waals surface area contributed by atoms with Crippen LogP contribution in [0.15, 0.2) is 66.7 Å². The van der Waals surface area contributed by atoms with Gasteiger partial charge in [0.15, 0.2) is 0 Å². The molecular weight excluding hydrogens is 363 g/mol. The number of hydrogen-bond acceptors (Lipinski definition) is 2. The lowest BCUT2D eigenvalue weighted by atomic mass is 9.99. The summed E-state index contributed by atoms with van der Waals surface area (Å²) in [5.41, 5.74) is 4.53. The molecule has 3 aromatic carbocycles. The molecule has 0 aliphatic rings. The molecule has 0 spiro atoms. The Labute approximate surface area is 173 Å². The van der Waals surface area contributed by atoms with E-state index in [-0.39, 0.29) is 5.82 Å². The fraction of sp³-hybridized carbons (Fsp3) is 0.308. The minimum absolute atomic E-state index is 0.208. The summed E-state index contributed by atoms with van der Waals surface area (Å²) in [5.74, 6) is 0.641. The van der Waals surface area contributed by atoms with Crippen molar-refractivity contribution in [2.24, 2.45) is 0 Å². The molecule has 0 radical (unpaired) electrons. The molecule has 0 saturated heterocycles. The first-order valence-electron chi connectivity index (χ1n) is 10.3. The molecule has 0 amide bonds. The molecule has 0 aliphatic carbocycles. The number of rotatable bonds is 10. The molecule has 3 rings (SSSR count). The second-order valence-corrected chi connectivity index (χ2v) is 7.34. The first-order valence-corrected chi connectivity index (χ1v) is 10.3. The van der Waals surface area contributed by atoms with E-state index in [1.54, 1.807) is 13.2 Å². The van der Waals surface area contributed by atoms with Crippen LogP contribution in [-0.2, 0) is 4.74 Å². The van der Waals surface area contributed by atoms with Crippen LogP contribution < -0.4 is 4.74 Å². The zero-order valence-corrected chi connectivity index (χ0v) is 17.3. The Kier molecular flexibility index (Phi) is 7.83. The number of hydrogen-bond donors (Lipinski definition) is 0. The van der Waals surface area contributed by atoms with Gasteiger partial charge in [0.1, 0.15) is 11.6 Å². The van der Waals surface area contributed by atoms with Crippen LogP contribution in [0.5, 0.6) is 5.75 Å². The average molecular weight is 393 g/mol. The van der Waals surface area contributed by atoms with Gasteiger partial charge in [-0.2, -0.15) is 0 Å². The first kappa shape index (κ1) is 21.1. The van der Waals surface area contributed by atoms with Crippen molar-refractivity contribution in [2.75, 3.05) is 20.3 Å². The monoisotopic (exact) mass is 392 g/mol. The highest BCUT2D eigenvalue weighted by Crippen LogP contribution is 2.29. The molecule has 0 heterocycles. The molecule has 152 valence electrons. The van der Waals surface area contributed by atoms with Crippen molar-refractivity contribution in [1.82, 2.24) is 0 Å². The molecule has 29 heavy (non-hydrogen) atoms. The highest BCUT2D eigenvalue weighted by atomic mass is 19.1. The minimum Gasteiger partial charge on any atom is -0.494 e. The van der Waals surface area contributed by atoms with Gasteiger partial charge in [0, 0.05) is 19.3 Å². The number of ether oxygens (including phenoxy) is 2. The Morgan fingerprint density at radius 2 is 1.31 bits per heavy atom. The Balaban J connectivity index is 1.57. The second kappa shape index (κ2) is 10.8. The van der Waals surface area contributed by atoms with Crippen LogP contribution in [0.1, 0.15) is 31.2 Å². The quantitative estimate of drug-likeness (QED) is 0.344. The van der Waals surface area contributed by atoms with Crippen LogP contribution in [0.2, 0.25) is 0 Å². The summed E-state index contributed by atoms with van der Waals surface area (Å²) in [4.78, 5) is 0. The van der Waals surface area contributed by atoms with Gasteiger partial charge in [-0.15, -0.1) is 0 Å². The Morgan fingerprint density at radius 1 is 0.690 bits per heavy atom. The minimum atomic E-state index is -0.208. The van der Waals surface area contributed by atoms with Crippen molar-refractivity contribution < 1.29 is 13.9 Å². The van der Waals surface area contributed by atoms with Crippen LogP contribution in [0.3, 0.4) is 0 Å². The van der Waals surface area contributed by atoms with Crippen molar-refractivity contribution >= 4 is 0 Å². The summed E-state index contributed by atoms with van der Waals surface area (Å²) in [7, 11) is 1.74. The van der Waals surface area contributed by atoms with Gasteiger partial charge in [-0.05, 0) is 61.1 Å². The largest absolute Gasteiger partial charge is 0.494 e. The van der Waals surface area contributed by atoms with E-state index in [9.17, 15) is 4.39 Å². The second-order valence-electron chi connectivity index (χ2n) is 7.34. The molecule has 0 atom stereocenters. The Hall–Kier alpha value is -2.65. The predicted molar refractivity (Wildman–Crippen MR) is 118 cm³/mol. The summed E-state index contributed by atoms with van der Waals surface area (Å²) >= 11 is 0. The predicted octanol–water partition coefficient (Wildman–Crippen LogP) is 7.05. The molecule has 0 aliphatic heterocycles. The third-order valence-corrected chi connectivity index (χ3v) is 5.03. The SMILES string of the molecule is COCCCCCCOc1ccc(-c2ccc(-c3ccc(C)cc3)c(F)c2)cc1. The highest BCUT2D eigenvalue weighted by molar-refractivity contribution is 5.71. The number of methoxy groups -OCH3 is 1. The van der Waals surface area contributed by atoms with Crippen LogP contribution in [0, 0.1) is 12.7 Å². The van der Waals surface area contributed by atoms with E-state index in [4.69, 9.17) is 9.47 Å². The number of unbranched alkanes of at least 4 members (excludes halogenated alkanes) is 3. The van der Waals surface area contributed by atoms with Gasteiger partial charge < -0.3 is 9.47 Å². The van der Waals surface area contributed by atoms with E-state index in [0.717, 1.165) is 48.3 Å². The Morgan fingerprint density at radius 3 is 1.97 bits per heavy atom. The molecule has 0 aromatic heterocycles. The molecule has 0 unspecified atom stereocenters. The van der Waals surface area contributed by atoms with Crippen molar-refractivity contribution in [3.05, 3.63) is 78.1 Å². The van der Waals surface area contributed by atoms with E-state index in [2.05, 4.69) is 0 Å². The topological polar surface area (TPSA) is 18.5 Å². The van der Waals surface area contributed by atoms with E-state index in [0.29, 0.717) is 12.2 Å². The summed E-state index contributed by atoms with van der Waals surface area (Å²) in [6, 6.07) is 21.2. The van der Waals surface area contributed by atoms with Gasteiger partial charge in [-0.1, -0.05) is 60.5 Å². The van der Waals surface area contributed by atoms with Gasteiger partial charge in [-0.3, -0.25) is 0 Å². The third-order valence-electron chi connectivity index (χ3n) is 5.03. The summed E-state index contributed by atoms with van der Waals surface area (Å²) in [6.45, 7) is 3.57. The maximum atomic E-state index is 14.7. The van der Waals surface area contributed by atoms with Crippen LogP contribution in [0.25, 0.3) is 22.3 Å². The summed E-state index contributed by atoms with van der Waals surface area (Å²) in [6.07, 6.45) is 4.45. The zero-order valence-electron chi connectivity index (χ0n) is 17.3. The van der Waals surface area contributed by atoms with E-state index >= 15 is 0 Å². The molecule has 0 bridgehead atoms. The van der Waals surface area contributed by atoms with Crippen molar-refractivity contribution in [1.29, 1.82) is 0 Å². The standard InChI is InChI=1S/C26H29FO2/c1-20-7-9-22(10-8-20)25-16-13-23(19-26(25)27)21-11-14-24(15-12-21)29-18-6-4-3-5-17-28-2/h7-16,19H,3-6,17-18H2,1-2H3. The van der Waals surface area contributed by atoms with E-state index < -0.39 is 0 Å². The van der Waals surface area contributed by atoms with Crippen LogP contribution in [-0.4, -0.2) is 20.3 Å². The molecule has 0 N–H and O–H groups in total. The lowest BCUT2D eigenvalue weighted by Crippen LogP contribution is -1.98. The third kappa shape index (κ3) is 6.16. The van der Waals surface area contributed by atoms with Crippen LogP contribution in [0.4, 0.5) is 4.39 Å². The van der Waals surface area contributed by atoms with E-state index in [1.807, 2.05) is 67.6 Å². The molecule has 2 nitrogen and oxygen atoms in total. The number of aryl methyl sites for hydroxylation is 1. The molecular formula is C26H29FO2. The zero-order chi connectivity index (χ0) is 20.5. The van der Waals surface area contributed by atoms with Crippen molar-refractivity contribution in [3.8, 4) is 28.0 Å². The average Bonchev–Trinajstić information content (AvgIpc) is 2.74. The highest BCUT2D eigenvalue weighted by Gasteiger charge is 2.08. The first-order chi connectivity index (χ1) is 14.2. The molecule has 3 heteroatoms. The van der Waals surface area contributed by atoms with Gasteiger partial charge in [0.25, 0.3) is 0 Å². The summed E-state index contributed by atoms with van der Waals surface area (Å²) < 4.78 is 25.5. The maximum Gasteiger partial charge on any atom is 0.131 e. The van der Waals surface area contributed by atoms with Gasteiger partial charge >= 0.3 is 0 Å². The van der Waals surface area contributed by atoms with E-state index in [1.165, 1.54) is 12.0 Å². The van der Waals surface area contributed by atoms with Crippen LogP contribution >= 0.6 is 0 Å². The maximum absolute atomic E-state index is 14.7.